The quantitative estimate of drug-likeness (QED) is 0.691. The molecule has 8 heteroatoms. The van der Waals surface area contributed by atoms with Gasteiger partial charge in [0.1, 0.15) is 11.6 Å². The molecule has 1 atom stereocenters. The van der Waals surface area contributed by atoms with Crippen LogP contribution in [0.2, 0.25) is 0 Å². The summed E-state index contributed by atoms with van der Waals surface area (Å²) in [5.74, 6) is -3.39. The van der Waals surface area contributed by atoms with Crippen molar-refractivity contribution in [3.8, 4) is 0 Å². The Hall–Kier alpha value is -2.90. The average molecular weight is 324 g/mol. The molecule has 0 spiro atoms. The largest absolute Gasteiger partial charge is 0.345 e. The zero-order valence-electron chi connectivity index (χ0n) is 11.8. The van der Waals surface area contributed by atoms with E-state index < -0.39 is 40.0 Å². The van der Waals surface area contributed by atoms with Gasteiger partial charge in [-0.15, -0.1) is 0 Å². The van der Waals surface area contributed by atoms with Crippen LogP contribution >= 0.6 is 0 Å². The fourth-order valence-corrected chi connectivity index (χ4v) is 2.00. The fraction of sp³-hybridized carbons (Fsp3) is 0.133. The number of nitrogens with zero attached hydrogens (tertiary/aromatic N) is 1. The SMILES string of the molecule is C[C@H](NC(=O)c1ccc(F)c([N+](=O)[O-])c1)c1ccc(F)cc1F. The van der Waals surface area contributed by atoms with E-state index in [0.717, 1.165) is 24.3 Å². The van der Waals surface area contributed by atoms with Crippen LogP contribution in [-0.4, -0.2) is 10.8 Å². The van der Waals surface area contributed by atoms with Crippen molar-refractivity contribution in [1.82, 2.24) is 5.32 Å². The molecule has 2 aromatic rings. The van der Waals surface area contributed by atoms with Gasteiger partial charge in [-0.1, -0.05) is 6.07 Å². The second-order valence-corrected chi connectivity index (χ2v) is 4.78. The minimum atomic E-state index is -1.07. The smallest absolute Gasteiger partial charge is 0.305 e. The van der Waals surface area contributed by atoms with Crippen molar-refractivity contribution in [3.63, 3.8) is 0 Å². The van der Waals surface area contributed by atoms with E-state index in [1.54, 1.807) is 0 Å². The van der Waals surface area contributed by atoms with Gasteiger partial charge in [-0.25, -0.2) is 8.78 Å². The number of carbonyl (C=O) groups is 1. The molecule has 0 radical (unpaired) electrons. The lowest BCUT2D eigenvalue weighted by molar-refractivity contribution is -0.387. The minimum Gasteiger partial charge on any atom is -0.345 e. The van der Waals surface area contributed by atoms with Gasteiger partial charge in [-0.05, 0) is 25.1 Å². The van der Waals surface area contributed by atoms with Gasteiger partial charge in [0.25, 0.3) is 5.91 Å². The maximum Gasteiger partial charge on any atom is 0.305 e. The first-order valence-electron chi connectivity index (χ1n) is 6.49. The van der Waals surface area contributed by atoms with Gasteiger partial charge in [0.05, 0.1) is 11.0 Å². The number of hydrogen-bond donors (Lipinski definition) is 1. The molecule has 0 bridgehead atoms. The summed E-state index contributed by atoms with van der Waals surface area (Å²) in [4.78, 5) is 21.8. The van der Waals surface area contributed by atoms with Crippen molar-refractivity contribution in [1.29, 1.82) is 0 Å². The molecule has 0 aliphatic carbocycles. The monoisotopic (exact) mass is 324 g/mol. The molecule has 23 heavy (non-hydrogen) atoms. The van der Waals surface area contributed by atoms with Gasteiger partial charge >= 0.3 is 5.69 Å². The number of nitrogens with one attached hydrogen (secondary N) is 1. The van der Waals surface area contributed by atoms with E-state index in [-0.39, 0.29) is 11.1 Å². The average Bonchev–Trinajstić information content (AvgIpc) is 2.46. The number of benzene rings is 2. The third-order valence-corrected chi connectivity index (χ3v) is 3.18. The summed E-state index contributed by atoms with van der Waals surface area (Å²) in [5.41, 5.74) is -0.929. The van der Waals surface area contributed by atoms with Crippen molar-refractivity contribution in [3.05, 3.63) is 75.1 Å². The second-order valence-electron chi connectivity index (χ2n) is 4.78. The highest BCUT2D eigenvalue weighted by Crippen LogP contribution is 2.21. The van der Waals surface area contributed by atoms with Crippen LogP contribution < -0.4 is 5.32 Å². The van der Waals surface area contributed by atoms with E-state index in [4.69, 9.17) is 0 Å². The number of carbonyl (C=O) groups excluding carboxylic acids is 1. The number of amides is 1. The first-order chi connectivity index (χ1) is 10.8. The summed E-state index contributed by atoms with van der Waals surface area (Å²) in [6.07, 6.45) is 0. The topological polar surface area (TPSA) is 72.2 Å². The predicted octanol–water partition coefficient (Wildman–Crippen LogP) is 3.50. The molecular weight excluding hydrogens is 313 g/mol. The molecule has 0 aromatic heterocycles. The molecule has 0 aliphatic heterocycles. The zero-order valence-corrected chi connectivity index (χ0v) is 11.8. The van der Waals surface area contributed by atoms with Crippen LogP contribution in [0.15, 0.2) is 36.4 Å². The Kier molecular flexibility index (Phi) is 4.63. The highest BCUT2D eigenvalue weighted by Gasteiger charge is 2.20. The number of nitro benzene ring substituents is 1. The van der Waals surface area contributed by atoms with Gasteiger partial charge in [0.2, 0.25) is 5.82 Å². The third kappa shape index (κ3) is 3.65. The van der Waals surface area contributed by atoms with Gasteiger partial charge in [0.15, 0.2) is 0 Å². The summed E-state index contributed by atoms with van der Waals surface area (Å²) in [6, 6.07) is 4.76. The van der Waals surface area contributed by atoms with Crippen molar-refractivity contribution in [2.24, 2.45) is 0 Å². The van der Waals surface area contributed by atoms with Gasteiger partial charge in [-0.3, -0.25) is 14.9 Å². The van der Waals surface area contributed by atoms with E-state index in [1.165, 1.54) is 13.0 Å². The normalized spacial score (nSPS) is 11.8. The zero-order chi connectivity index (χ0) is 17.1. The number of halogens is 3. The molecular formula is C15H11F3N2O3. The summed E-state index contributed by atoms with van der Waals surface area (Å²) >= 11 is 0. The second kappa shape index (κ2) is 6.47. The maximum atomic E-state index is 13.6. The van der Waals surface area contributed by atoms with E-state index >= 15 is 0 Å². The standard InChI is InChI=1S/C15H11F3N2O3/c1-8(11-4-3-10(16)7-13(11)18)19-15(21)9-2-5-12(17)14(6-9)20(22)23/h2-8H,1H3,(H,19,21)/t8-/m0/s1. The maximum absolute atomic E-state index is 13.6. The molecule has 0 saturated carbocycles. The summed E-state index contributed by atoms with van der Waals surface area (Å²) < 4.78 is 39.8. The van der Waals surface area contributed by atoms with Gasteiger partial charge in [-0.2, -0.15) is 4.39 Å². The Bertz CT molecular complexity index is 781. The minimum absolute atomic E-state index is 0.0522. The molecule has 2 aromatic carbocycles. The molecule has 1 amide bonds. The Labute approximate surface area is 128 Å². The van der Waals surface area contributed by atoms with Crippen molar-refractivity contribution in [2.75, 3.05) is 0 Å². The van der Waals surface area contributed by atoms with Crippen LogP contribution in [0, 0.1) is 27.6 Å². The lowest BCUT2D eigenvalue weighted by Crippen LogP contribution is -2.27. The highest BCUT2D eigenvalue weighted by atomic mass is 19.1. The lowest BCUT2D eigenvalue weighted by atomic mass is 10.1. The first-order valence-corrected chi connectivity index (χ1v) is 6.49. The molecule has 0 saturated heterocycles. The Morgan fingerprint density at radius 1 is 1.13 bits per heavy atom. The van der Waals surface area contributed by atoms with Crippen LogP contribution in [0.3, 0.4) is 0 Å². The predicted molar refractivity (Wildman–Crippen MR) is 75.3 cm³/mol. The number of hydrogen-bond acceptors (Lipinski definition) is 3. The molecule has 0 aliphatic rings. The molecule has 0 fully saturated rings. The van der Waals surface area contributed by atoms with Crippen LogP contribution in [0.25, 0.3) is 0 Å². The van der Waals surface area contributed by atoms with Crippen LogP contribution in [0.4, 0.5) is 18.9 Å². The highest BCUT2D eigenvalue weighted by molar-refractivity contribution is 5.95. The van der Waals surface area contributed by atoms with Crippen molar-refractivity contribution < 1.29 is 22.9 Å². The molecule has 1 N–H and O–H groups in total. The van der Waals surface area contributed by atoms with Crippen molar-refractivity contribution in [2.45, 2.75) is 13.0 Å². The van der Waals surface area contributed by atoms with E-state index in [2.05, 4.69) is 5.32 Å². The molecule has 120 valence electrons. The fourth-order valence-electron chi connectivity index (χ4n) is 2.00. The van der Waals surface area contributed by atoms with Crippen LogP contribution in [-0.2, 0) is 0 Å². The van der Waals surface area contributed by atoms with E-state index in [9.17, 15) is 28.1 Å². The Morgan fingerprint density at radius 2 is 1.83 bits per heavy atom. The number of rotatable bonds is 4. The molecule has 2 rings (SSSR count). The summed E-state index contributed by atoms with van der Waals surface area (Å²) in [7, 11) is 0. The summed E-state index contributed by atoms with van der Waals surface area (Å²) in [6.45, 7) is 1.46. The molecule has 5 nitrogen and oxygen atoms in total. The van der Waals surface area contributed by atoms with E-state index in [0.29, 0.717) is 6.07 Å². The Balaban J connectivity index is 2.21. The van der Waals surface area contributed by atoms with Gasteiger partial charge in [0, 0.05) is 23.3 Å². The van der Waals surface area contributed by atoms with Gasteiger partial charge < -0.3 is 5.32 Å². The third-order valence-electron chi connectivity index (χ3n) is 3.18. The van der Waals surface area contributed by atoms with Crippen LogP contribution in [0.1, 0.15) is 28.9 Å². The summed E-state index contributed by atoms with van der Waals surface area (Å²) in [5, 5.41) is 13.1. The lowest BCUT2D eigenvalue weighted by Gasteiger charge is -2.15. The van der Waals surface area contributed by atoms with Crippen molar-refractivity contribution >= 4 is 11.6 Å². The first kappa shape index (κ1) is 16.5. The Morgan fingerprint density at radius 3 is 2.43 bits per heavy atom. The van der Waals surface area contributed by atoms with Crippen LogP contribution in [0.5, 0.6) is 0 Å². The molecule has 0 heterocycles. The van der Waals surface area contributed by atoms with E-state index in [1.807, 2.05) is 0 Å². The number of nitro groups is 1. The molecule has 0 unspecified atom stereocenters.